The van der Waals surface area contributed by atoms with Gasteiger partial charge in [-0.25, -0.2) is 18.1 Å². The minimum absolute atomic E-state index is 0.0533. The van der Waals surface area contributed by atoms with Crippen molar-refractivity contribution in [3.8, 4) is 11.4 Å². The molecule has 0 unspecified atom stereocenters. The van der Waals surface area contributed by atoms with Gasteiger partial charge >= 0.3 is 0 Å². The van der Waals surface area contributed by atoms with Crippen molar-refractivity contribution in [2.45, 2.75) is 12.2 Å². The number of ether oxygens (including phenoxy) is 2. The third-order valence-electron chi connectivity index (χ3n) is 8.91. The van der Waals surface area contributed by atoms with Crippen molar-refractivity contribution in [3.05, 3.63) is 154 Å². The maximum Gasteiger partial charge on any atom is 0.276 e. The molecule has 4 heterocycles. The van der Waals surface area contributed by atoms with Crippen LogP contribution >= 0.6 is 23.2 Å². The van der Waals surface area contributed by atoms with Crippen LogP contribution in [0.15, 0.2) is 109 Å². The summed E-state index contributed by atoms with van der Waals surface area (Å²) in [7, 11) is 0. The maximum atomic E-state index is 13.0. The Hall–Kier alpha value is -5.48. The fourth-order valence-electron chi connectivity index (χ4n) is 5.96. The summed E-state index contributed by atoms with van der Waals surface area (Å²) in [5.74, 6) is -1.43. The van der Waals surface area contributed by atoms with Crippen molar-refractivity contribution in [2.75, 3.05) is 50.0 Å². The highest BCUT2D eigenvalue weighted by atomic mass is 35.5. The van der Waals surface area contributed by atoms with Crippen LogP contribution in [0.2, 0.25) is 10.0 Å². The van der Waals surface area contributed by atoms with Crippen LogP contribution in [0.5, 0.6) is 0 Å². The van der Waals surface area contributed by atoms with Gasteiger partial charge in [0.05, 0.1) is 58.2 Å². The number of anilines is 2. The first-order valence-corrected chi connectivity index (χ1v) is 18.5. The molecule has 0 aliphatic carbocycles. The first-order valence-electron chi connectivity index (χ1n) is 17.7. The number of amides is 2. The lowest BCUT2D eigenvalue weighted by Gasteiger charge is -2.24. The van der Waals surface area contributed by atoms with Crippen molar-refractivity contribution >= 4 is 46.4 Å². The van der Waals surface area contributed by atoms with Crippen LogP contribution in [-0.4, -0.2) is 70.8 Å². The number of nitrogens with zero attached hydrogens (tertiary/aromatic N) is 4. The predicted molar refractivity (Wildman–Crippen MR) is 209 cm³/mol. The number of carbonyl (C=O) groups is 2. The van der Waals surface area contributed by atoms with Crippen LogP contribution in [-0.2, 0) is 9.47 Å². The smallest absolute Gasteiger partial charge is 0.276 e. The molecule has 4 aromatic carbocycles. The van der Waals surface area contributed by atoms with Gasteiger partial charge in [-0.1, -0.05) is 35.3 Å². The van der Waals surface area contributed by atoms with Crippen LogP contribution in [0.3, 0.4) is 0 Å². The van der Waals surface area contributed by atoms with Gasteiger partial charge < -0.3 is 30.7 Å². The highest BCUT2D eigenvalue weighted by molar-refractivity contribution is 6.34. The van der Waals surface area contributed by atoms with Gasteiger partial charge in [-0.15, -0.1) is 0 Å². The average molecular weight is 802 g/mol. The van der Waals surface area contributed by atoms with Gasteiger partial charge in [0.25, 0.3) is 11.8 Å². The molecule has 0 saturated carbocycles. The molecule has 6 aromatic rings. The fourth-order valence-corrected chi connectivity index (χ4v) is 6.44. The molecule has 2 fully saturated rings. The number of hydrogen-bond donors (Lipinski definition) is 4. The molecule has 2 aromatic heterocycles. The molecule has 16 heteroatoms. The molecule has 0 bridgehead atoms. The van der Waals surface area contributed by atoms with Crippen molar-refractivity contribution in [1.29, 1.82) is 0 Å². The number of halogens is 4. The van der Waals surface area contributed by atoms with Gasteiger partial charge in [-0.05, 0) is 96.1 Å². The number of morpholine rings is 2. The van der Waals surface area contributed by atoms with Gasteiger partial charge in [-0.2, -0.15) is 10.2 Å². The zero-order valence-corrected chi connectivity index (χ0v) is 31.2. The zero-order valence-electron chi connectivity index (χ0n) is 29.7. The topological polar surface area (TPSA) is 136 Å². The Morgan fingerprint density at radius 3 is 1.39 bits per heavy atom. The second-order valence-electron chi connectivity index (χ2n) is 12.8. The molecular formula is C40H36Cl2F2N8O4. The summed E-state index contributed by atoms with van der Waals surface area (Å²) in [5, 5.41) is 21.4. The Morgan fingerprint density at radius 1 is 0.625 bits per heavy atom. The molecule has 2 amide bonds. The molecule has 2 saturated heterocycles. The van der Waals surface area contributed by atoms with Crippen LogP contribution in [0.1, 0.15) is 44.3 Å². The summed E-state index contributed by atoms with van der Waals surface area (Å²) in [6.07, 6.45) is 3.17. The predicted octanol–water partition coefficient (Wildman–Crippen LogP) is 7.16. The number of nitrogens with one attached hydrogen (secondary N) is 4. The van der Waals surface area contributed by atoms with E-state index in [1.165, 1.54) is 33.6 Å². The van der Waals surface area contributed by atoms with E-state index in [1.807, 2.05) is 12.1 Å². The molecule has 2 aliphatic heterocycles. The van der Waals surface area contributed by atoms with Crippen LogP contribution in [0.25, 0.3) is 11.4 Å². The van der Waals surface area contributed by atoms with Crippen LogP contribution in [0.4, 0.5) is 20.2 Å². The van der Waals surface area contributed by atoms with E-state index in [0.717, 1.165) is 37.3 Å². The van der Waals surface area contributed by atoms with E-state index in [9.17, 15) is 18.4 Å². The van der Waals surface area contributed by atoms with Crippen molar-refractivity contribution in [1.82, 2.24) is 30.2 Å². The number of aromatic nitrogens is 4. The maximum absolute atomic E-state index is 13.0. The lowest BCUT2D eigenvalue weighted by Crippen LogP contribution is -2.33. The Balaban J connectivity index is 0.000000172. The second kappa shape index (κ2) is 18.0. The zero-order chi connectivity index (χ0) is 39.0. The van der Waals surface area contributed by atoms with E-state index in [2.05, 4.69) is 31.5 Å². The van der Waals surface area contributed by atoms with Gasteiger partial charge in [-0.3, -0.25) is 9.59 Å². The van der Waals surface area contributed by atoms with Crippen LogP contribution in [0, 0.1) is 11.6 Å². The molecule has 8 rings (SSSR count). The van der Waals surface area contributed by atoms with E-state index >= 15 is 0 Å². The Bertz CT molecular complexity index is 2130. The molecule has 56 heavy (non-hydrogen) atoms. The molecule has 288 valence electrons. The van der Waals surface area contributed by atoms with Crippen molar-refractivity contribution in [3.63, 3.8) is 0 Å². The quantitative estimate of drug-likeness (QED) is 0.128. The van der Waals surface area contributed by atoms with Gasteiger partial charge in [0.15, 0.2) is 11.4 Å². The second-order valence-corrected chi connectivity index (χ2v) is 13.6. The lowest BCUT2D eigenvalue weighted by molar-refractivity contribution is 0.0276. The highest BCUT2D eigenvalue weighted by Crippen LogP contribution is 2.30. The molecule has 12 nitrogen and oxygen atoms in total. The SMILES string of the molecule is O=C(Nc1ccc([C@@H]2CNCCO2)cc1Cl)c1ccn(-c2ccc(F)cc2)n1.O=C(Nc1ccc([C@H]2CNCCO2)cc1Cl)c1ccn(-c2ccc(F)cc2)n1. The minimum Gasteiger partial charge on any atom is -0.371 e. The largest absolute Gasteiger partial charge is 0.371 e. The minimum atomic E-state index is -0.383. The summed E-state index contributed by atoms with van der Waals surface area (Å²) in [4.78, 5) is 25.0. The number of hydrogen-bond acceptors (Lipinski definition) is 8. The third-order valence-corrected chi connectivity index (χ3v) is 9.53. The molecule has 4 N–H and O–H groups in total. The number of carbonyl (C=O) groups excluding carboxylic acids is 2. The van der Waals surface area contributed by atoms with Gasteiger partial charge in [0.1, 0.15) is 11.6 Å². The number of benzene rings is 4. The van der Waals surface area contributed by atoms with E-state index in [4.69, 9.17) is 32.7 Å². The normalized spacial score (nSPS) is 16.7. The summed E-state index contributed by atoms with van der Waals surface area (Å²) < 4.78 is 40.5. The summed E-state index contributed by atoms with van der Waals surface area (Å²) in [6, 6.07) is 25.7. The molecule has 2 aliphatic rings. The standard InChI is InChI=1S/2C20H18ClFN4O2/c2*21-16-11-13(19-12-23-8-10-28-19)1-6-17(16)24-20(27)18-7-9-26(25-18)15-4-2-14(22)3-5-15/h2*1-7,9,11,19,23H,8,10,12H2,(H,24,27)/t2*19-/m10/s1. The summed E-state index contributed by atoms with van der Waals surface area (Å²) in [5.41, 5.74) is 4.67. The Labute approximate surface area is 330 Å². The van der Waals surface area contributed by atoms with E-state index in [-0.39, 0.29) is 47.0 Å². The van der Waals surface area contributed by atoms with Gasteiger partial charge in [0, 0.05) is 38.6 Å². The fraction of sp³-hybridized carbons (Fsp3) is 0.200. The van der Waals surface area contributed by atoms with Crippen molar-refractivity contribution in [2.24, 2.45) is 0 Å². The first kappa shape index (κ1) is 38.8. The molecular weight excluding hydrogens is 765 g/mol. The summed E-state index contributed by atoms with van der Waals surface area (Å²) in [6.45, 7) is 4.42. The average Bonchev–Trinajstić information content (AvgIpc) is 3.93. The number of rotatable bonds is 8. The van der Waals surface area contributed by atoms with E-state index in [0.29, 0.717) is 46.0 Å². The molecule has 2 atom stereocenters. The van der Waals surface area contributed by atoms with Gasteiger partial charge in [0.2, 0.25) is 0 Å². The van der Waals surface area contributed by atoms with Crippen LogP contribution < -0.4 is 21.3 Å². The first-order chi connectivity index (χ1) is 27.2. The molecule has 0 spiro atoms. The van der Waals surface area contributed by atoms with E-state index < -0.39 is 0 Å². The monoisotopic (exact) mass is 800 g/mol. The Morgan fingerprint density at radius 2 is 1.04 bits per heavy atom. The summed E-state index contributed by atoms with van der Waals surface area (Å²) >= 11 is 12.7. The molecule has 0 radical (unpaired) electrons. The van der Waals surface area contributed by atoms with E-state index in [1.54, 1.807) is 73.1 Å². The van der Waals surface area contributed by atoms with Crippen molar-refractivity contribution < 1.29 is 27.8 Å². The Kier molecular flexibility index (Phi) is 12.5. The highest BCUT2D eigenvalue weighted by Gasteiger charge is 2.20. The third kappa shape index (κ3) is 9.66. The lowest BCUT2D eigenvalue weighted by atomic mass is 10.1.